The molecule has 0 radical (unpaired) electrons. The fourth-order valence-corrected chi connectivity index (χ4v) is 1.58. The van der Waals surface area contributed by atoms with Gasteiger partial charge in [0.25, 0.3) is 0 Å². The minimum Gasteiger partial charge on any atom is -0.317 e. The first-order valence-corrected chi connectivity index (χ1v) is 5.61. The van der Waals surface area contributed by atoms with Gasteiger partial charge in [-0.3, -0.25) is 4.90 Å². The molecule has 0 aromatic carbocycles. The number of hydrogen-bond acceptors (Lipinski definition) is 2. The van der Waals surface area contributed by atoms with E-state index in [1.54, 1.807) is 0 Å². The van der Waals surface area contributed by atoms with E-state index in [0.717, 1.165) is 32.7 Å². The summed E-state index contributed by atoms with van der Waals surface area (Å²) >= 11 is 0. The first-order valence-electron chi connectivity index (χ1n) is 5.61. The third-order valence-electron chi connectivity index (χ3n) is 2.17. The summed E-state index contributed by atoms with van der Waals surface area (Å²) in [6, 6.07) is 0. The lowest BCUT2D eigenvalue weighted by atomic mass is 10.1. The van der Waals surface area contributed by atoms with E-state index in [4.69, 9.17) is 6.42 Å². The Balaban J connectivity index is 3.71. The molecule has 0 aliphatic heterocycles. The van der Waals surface area contributed by atoms with E-state index in [2.05, 4.69) is 36.9 Å². The van der Waals surface area contributed by atoms with Crippen LogP contribution in [-0.2, 0) is 0 Å². The summed E-state index contributed by atoms with van der Waals surface area (Å²) in [5.41, 5.74) is 0. The molecule has 14 heavy (non-hydrogen) atoms. The summed E-state index contributed by atoms with van der Waals surface area (Å²) in [5.74, 6) is 3.40. The molecule has 2 nitrogen and oxygen atoms in total. The number of rotatable bonds is 8. The van der Waals surface area contributed by atoms with Crippen molar-refractivity contribution in [2.75, 3.05) is 32.7 Å². The van der Waals surface area contributed by atoms with Gasteiger partial charge in [0.05, 0.1) is 6.54 Å². The molecule has 0 fully saturated rings. The van der Waals surface area contributed by atoms with Crippen LogP contribution in [0, 0.1) is 18.3 Å². The lowest BCUT2D eigenvalue weighted by Crippen LogP contribution is -2.34. The topological polar surface area (TPSA) is 15.3 Å². The average molecular weight is 196 g/mol. The fraction of sp³-hybridized carbons (Fsp3) is 0.833. The summed E-state index contributed by atoms with van der Waals surface area (Å²) in [4.78, 5) is 2.35. The minimum absolute atomic E-state index is 0.676. The Kier molecular flexibility index (Phi) is 8.72. The van der Waals surface area contributed by atoms with Crippen LogP contribution in [-0.4, -0.2) is 37.6 Å². The molecule has 82 valence electrons. The van der Waals surface area contributed by atoms with Gasteiger partial charge < -0.3 is 5.32 Å². The largest absolute Gasteiger partial charge is 0.317 e. The molecule has 0 amide bonds. The molecule has 0 saturated heterocycles. The van der Waals surface area contributed by atoms with Crippen molar-refractivity contribution < 1.29 is 0 Å². The first-order chi connectivity index (χ1) is 6.74. The maximum Gasteiger partial charge on any atom is 0.0599 e. The van der Waals surface area contributed by atoms with Crippen LogP contribution in [0.5, 0.6) is 0 Å². The maximum atomic E-state index is 5.33. The SMILES string of the molecule is C#CCN(CCC)CC(C)CNCC. The molecule has 0 aromatic heterocycles. The standard InChI is InChI=1S/C12H24N2/c1-5-8-14(9-6-2)11-12(4)10-13-7-3/h1,12-13H,6-11H2,2-4H3. The second-order valence-electron chi connectivity index (χ2n) is 3.85. The number of nitrogens with one attached hydrogen (secondary N) is 1. The van der Waals surface area contributed by atoms with Gasteiger partial charge in [-0.25, -0.2) is 0 Å². The predicted octanol–water partition coefficient (Wildman–Crippen LogP) is 1.58. The molecule has 0 rings (SSSR count). The van der Waals surface area contributed by atoms with Crippen molar-refractivity contribution in [3.05, 3.63) is 0 Å². The molecule has 0 aliphatic carbocycles. The molecule has 1 unspecified atom stereocenters. The summed E-state index contributed by atoms with van der Waals surface area (Å²) in [6.07, 6.45) is 6.50. The van der Waals surface area contributed by atoms with E-state index in [0.29, 0.717) is 5.92 Å². The Morgan fingerprint density at radius 3 is 2.64 bits per heavy atom. The van der Waals surface area contributed by atoms with Crippen molar-refractivity contribution in [3.8, 4) is 12.3 Å². The van der Waals surface area contributed by atoms with Crippen molar-refractivity contribution >= 4 is 0 Å². The highest BCUT2D eigenvalue weighted by molar-refractivity contribution is 4.88. The van der Waals surface area contributed by atoms with Crippen molar-refractivity contribution in [2.24, 2.45) is 5.92 Å². The molecular formula is C12H24N2. The Labute approximate surface area is 89.1 Å². The smallest absolute Gasteiger partial charge is 0.0599 e. The lowest BCUT2D eigenvalue weighted by Gasteiger charge is -2.23. The van der Waals surface area contributed by atoms with Crippen LogP contribution in [0.3, 0.4) is 0 Å². The Morgan fingerprint density at radius 1 is 1.43 bits per heavy atom. The van der Waals surface area contributed by atoms with Crippen molar-refractivity contribution in [2.45, 2.75) is 27.2 Å². The Bertz CT molecular complexity index is 160. The highest BCUT2D eigenvalue weighted by Crippen LogP contribution is 1.99. The second kappa shape index (κ2) is 9.05. The third kappa shape index (κ3) is 6.94. The van der Waals surface area contributed by atoms with Crippen LogP contribution in [0.4, 0.5) is 0 Å². The van der Waals surface area contributed by atoms with Crippen LogP contribution in [0.25, 0.3) is 0 Å². The molecule has 2 heteroatoms. The van der Waals surface area contributed by atoms with Crippen LogP contribution < -0.4 is 5.32 Å². The van der Waals surface area contributed by atoms with Gasteiger partial charge in [0, 0.05) is 6.54 Å². The van der Waals surface area contributed by atoms with Gasteiger partial charge in [0.1, 0.15) is 0 Å². The number of terminal acetylenes is 1. The summed E-state index contributed by atoms with van der Waals surface area (Å²) in [7, 11) is 0. The summed E-state index contributed by atoms with van der Waals surface area (Å²) in [6.45, 7) is 11.7. The number of nitrogens with zero attached hydrogens (tertiary/aromatic N) is 1. The van der Waals surface area contributed by atoms with E-state index < -0.39 is 0 Å². The summed E-state index contributed by atoms with van der Waals surface area (Å²) < 4.78 is 0. The van der Waals surface area contributed by atoms with E-state index in [1.165, 1.54) is 6.42 Å². The van der Waals surface area contributed by atoms with E-state index in [-0.39, 0.29) is 0 Å². The zero-order valence-corrected chi connectivity index (χ0v) is 9.84. The van der Waals surface area contributed by atoms with E-state index in [1.807, 2.05) is 0 Å². The van der Waals surface area contributed by atoms with Gasteiger partial charge in [0.2, 0.25) is 0 Å². The molecule has 1 atom stereocenters. The number of hydrogen-bond donors (Lipinski definition) is 1. The third-order valence-corrected chi connectivity index (χ3v) is 2.17. The quantitative estimate of drug-likeness (QED) is 0.593. The van der Waals surface area contributed by atoms with Crippen molar-refractivity contribution in [1.29, 1.82) is 0 Å². The van der Waals surface area contributed by atoms with Gasteiger partial charge in [-0.15, -0.1) is 6.42 Å². The predicted molar refractivity (Wildman–Crippen MR) is 63.3 cm³/mol. The zero-order valence-electron chi connectivity index (χ0n) is 9.84. The first kappa shape index (κ1) is 13.5. The highest BCUT2D eigenvalue weighted by atomic mass is 15.1. The normalized spacial score (nSPS) is 12.8. The molecule has 0 aromatic rings. The summed E-state index contributed by atoms with van der Waals surface area (Å²) in [5, 5.41) is 3.36. The fourth-order valence-electron chi connectivity index (χ4n) is 1.58. The minimum atomic E-state index is 0.676. The highest BCUT2D eigenvalue weighted by Gasteiger charge is 2.07. The van der Waals surface area contributed by atoms with Crippen LogP contribution in [0.2, 0.25) is 0 Å². The molecule has 0 bridgehead atoms. The van der Waals surface area contributed by atoms with Gasteiger partial charge in [-0.2, -0.15) is 0 Å². The van der Waals surface area contributed by atoms with Crippen molar-refractivity contribution in [1.82, 2.24) is 10.2 Å². The van der Waals surface area contributed by atoms with Gasteiger partial charge in [0.15, 0.2) is 0 Å². The monoisotopic (exact) mass is 196 g/mol. The molecular weight excluding hydrogens is 172 g/mol. The molecule has 0 heterocycles. The molecule has 0 saturated carbocycles. The van der Waals surface area contributed by atoms with Gasteiger partial charge in [-0.05, 0) is 32.0 Å². The van der Waals surface area contributed by atoms with E-state index in [9.17, 15) is 0 Å². The Hall–Kier alpha value is -0.520. The van der Waals surface area contributed by atoms with E-state index >= 15 is 0 Å². The Morgan fingerprint density at radius 2 is 2.14 bits per heavy atom. The lowest BCUT2D eigenvalue weighted by molar-refractivity contribution is 0.261. The zero-order chi connectivity index (χ0) is 10.8. The van der Waals surface area contributed by atoms with Crippen LogP contribution >= 0.6 is 0 Å². The average Bonchev–Trinajstić information content (AvgIpc) is 2.15. The molecule has 0 spiro atoms. The molecule has 1 N–H and O–H groups in total. The van der Waals surface area contributed by atoms with Gasteiger partial charge in [-0.1, -0.05) is 26.7 Å². The van der Waals surface area contributed by atoms with Crippen LogP contribution in [0.1, 0.15) is 27.2 Å². The maximum absolute atomic E-state index is 5.33. The van der Waals surface area contributed by atoms with Crippen molar-refractivity contribution in [3.63, 3.8) is 0 Å². The second-order valence-corrected chi connectivity index (χ2v) is 3.85. The van der Waals surface area contributed by atoms with Crippen LogP contribution in [0.15, 0.2) is 0 Å². The molecule has 0 aliphatic rings. The van der Waals surface area contributed by atoms with Gasteiger partial charge >= 0.3 is 0 Å².